The second kappa shape index (κ2) is 11.9. The van der Waals surface area contributed by atoms with Crippen molar-refractivity contribution in [1.82, 2.24) is 4.57 Å². The lowest BCUT2D eigenvalue weighted by molar-refractivity contribution is -0.00512. The van der Waals surface area contributed by atoms with Crippen LogP contribution in [0.4, 0.5) is 0 Å². The molecular weight excluding hydrogens is 699 g/mol. The van der Waals surface area contributed by atoms with Gasteiger partial charge in [-0.15, -0.1) is 0 Å². The minimum absolute atomic E-state index is 0.332. The number of para-hydroxylation sites is 1. The van der Waals surface area contributed by atoms with Gasteiger partial charge in [-0.2, -0.15) is 0 Å². The summed E-state index contributed by atoms with van der Waals surface area (Å²) in [5.74, 6) is 5.62. The Labute approximate surface area is 343 Å². The zero-order chi connectivity index (χ0) is 37.7. The van der Waals surface area contributed by atoms with E-state index in [1.54, 1.807) is 16.5 Å². The molecule has 9 aliphatic carbocycles. The molecule has 1 heteroatoms. The molecule has 16 rings (SSSR count). The van der Waals surface area contributed by atoms with Crippen LogP contribution in [0.1, 0.15) is 99.3 Å². The number of fused-ring (bicyclic) bond motifs is 6. The standard InChI is InChI=1S/C57H53N/c1-2-7-47-44(6-1)26-45-17-16-43(27-49(45)47)41-12-14-42(15-13-41)48-8-3-4-10-52(48)58-53-19-18-46(56-29-35-20-36(30-56)22-37(21-35)31-56)28-50(53)55-51(9-5-11-54(55)58)57-32-38-23-39(33-57)25-40(24-38)34-57/h1-19,27-28,35-40H,20-26,29-34H2. The molecule has 1 nitrogen and oxygen atoms in total. The monoisotopic (exact) mass is 751 g/mol. The average molecular weight is 752 g/mol. The van der Waals surface area contributed by atoms with Crippen molar-refractivity contribution in [3.63, 3.8) is 0 Å². The van der Waals surface area contributed by atoms with Crippen molar-refractivity contribution >= 4 is 21.8 Å². The zero-order valence-electron chi connectivity index (χ0n) is 33.7. The molecule has 8 bridgehead atoms. The van der Waals surface area contributed by atoms with E-state index in [1.165, 1.54) is 144 Å². The van der Waals surface area contributed by atoms with Gasteiger partial charge in [-0.25, -0.2) is 0 Å². The maximum atomic E-state index is 2.76. The van der Waals surface area contributed by atoms with Gasteiger partial charge >= 0.3 is 0 Å². The second-order valence-corrected chi connectivity index (χ2v) is 21.0. The maximum Gasteiger partial charge on any atom is 0.0544 e. The molecule has 1 aromatic heterocycles. The van der Waals surface area contributed by atoms with E-state index in [-0.39, 0.29) is 0 Å². The lowest BCUT2D eigenvalue weighted by Crippen LogP contribution is -2.48. The smallest absolute Gasteiger partial charge is 0.0544 e. The molecule has 9 aliphatic rings. The molecule has 1 heterocycles. The Kier molecular flexibility index (Phi) is 6.75. The van der Waals surface area contributed by atoms with Crippen molar-refractivity contribution in [1.29, 1.82) is 0 Å². The van der Waals surface area contributed by atoms with Crippen molar-refractivity contribution in [3.8, 4) is 39.1 Å². The van der Waals surface area contributed by atoms with Crippen LogP contribution in [0, 0.1) is 35.5 Å². The Morgan fingerprint density at radius 2 is 1.00 bits per heavy atom. The van der Waals surface area contributed by atoms with E-state index in [0.717, 1.165) is 41.9 Å². The minimum Gasteiger partial charge on any atom is -0.309 e. The molecule has 58 heavy (non-hydrogen) atoms. The third-order valence-electron chi connectivity index (χ3n) is 17.5. The van der Waals surface area contributed by atoms with Gasteiger partial charge < -0.3 is 4.57 Å². The minimum atomic E-state index is 0.332. The lowest BCUT2D eigenvalue weighted by atomic mass is 9.47. The van der Waals surface area contributed by atoms with E-state index in [1.807, 2.05) is 0 Å². The Morgan fingerprint density at radius 1 is 0.414 bits per heavy atom. The van der Waals surface area contributed by atoms with Crippen LogP contribution in [0.3, 0.4) is 0 Å². The van der Waals surface area contributed by atoms with Crippen LogP contribution >= 0.6 is 0 Å². The molecule has 7 aromatic rings. The molecule has 0 atom stereocenters. The highest BCUT2D eigenvalue weighted by molar-refractivity contribution is 6.12. The summed E-state index contributed by atoms with van der Waals surface area (Å²) in [6.45, 7) is 0. The number of rotatable bonds is 5. The van der Waals surface area contributed by atoms with Crippen LogP contribution in [-0.4, -0.2) is 4.57 Å². The molecule has 0 aliphatic heterocycles. The van der Waals surface area contributed by atoms with Crippen molar-refractivity contribution in [2.45, 2.75) is 94.3 Å². The molecule has 8 saturated carbocycles. The first kappa shape index (κ1) is 33.0. The molecule has 0 spiro atoms. The van der Waals surface area contributed by atoms with Gasteiger partial charge in [0.1, 0.15) is 0 Å². The first-order valence-electron chi connectivity index (χ1n) is 23.0. The number of hydrogen-bond acceptors (Lipinski definition) is 0. The number of aromatic nitrogens is 1. The van der Waals surface area contributed by atoms with Crippen molar-refractivity contribution in [2.75, 3.05) is 0 Å². The van der Waals surface area contributed by atoms with Gasteiger partial charge in [0.25, 0.3) is 0 Å². The van der Waals surface area contributed by atoms with E-state index < -0.39 is 0 Å². The van der Waals surface area contributed by atoms with E-state index in [0.29, 0.717) is 10.8 Å². The predicted molar refractivity (Wildman–Crippen MR) is 240 cm³/mol. The van der Waals surface area contributed by atoms with Crippen molar-refractivity contribution in [3.05, 3.63) is 150 Å². The fourth-order valence-corrected chi connectivity index (χ4v) is 16.1. The van der Waals surface area contributed by atoms with E-state index in [9.17, 15) is 0 Å². The summed E-state index contributed by atoms with van der Waals surface area (Å²) >= 11 is 0. The summed E-state index contributed by atoms with van der Waals surface area (Å²) in [4.78, 5) is 0. The van der Waals surface area contributed by atoms with Gasteiger partial charge in [-0.1, -0.05) is 97.1 Å². The van der Waals surface area contributed by atoms with Crippen LogP contribution in [0.5, 0.6) is 0 Å². The molecule has 8 fully saturated rings. The van der Waals surface area contributed by atoms with E-state index in [4.69, 9.17) is 0 Å². The molecule has 0 amide bonds. The quantitative estimate of drug-likeness (QED) is 0.165. The molecule has 0 unspecified atom stereocenters. The highest BCUT2D eigenvalue weighted by Crippen LogP contribution is 2.63. The summed E-state index contributed by atoms with van der Waals surface area (Å²) < 4.78 is 2.68. The highest BCUT2D eigenvalue weighted by atomic mass is 15.0. The summed E-state index contributed by atoms with van der Waals surface area (Å²) in [5, 5.41) is 3.10. The highest BCUT2D eigenvalue weighted by Gasteiger charge is 2.53. The number of nitrogens with zero attached hydrogens (tertiary/aromatic N) is 1. The van der Waals surface area contributed by atoms with Gasteiger partial charge in [0.15, 0.2) is 0 Å². The average Bonchev–Trinajstić information content (AvgIpc) is 3.78. The van der Waals surface area contributed by atoms with Gasteiger partial charge in [0.05, 0.1) is 16.7 Å². The van der Waals surface area contributed by atoms with Crippen LogP contribution in [0.2, 0.25) is 0 Å². The van der Waals surface area contributed by atoms with Gasteiger partial charge in [-0.3, -0.25) is 0 Å². The largest absolute Gasteiger partial charge is 0.309 e. The van der Waals surface area contributed by atoms with Crippen LogP contribution in [0.15, 0.2) is 127 Å². The molecule has 0 radical (unpaired) electrons. The van der Waals surface area contributed by atoms with Crippen molar-refractivity contribution < 1.29 is 0 Å². The van der Waals surface area contributed by atoms with E-state index in [2.05, 4.69) is 132 Å². The van der Waals surface area contributed by atoms with Gasteiger partial charge in [0.2, 0.25) is 0 Å². The van der Waals surface area contributed by atoms with Crippen LogP contribution in [0.25, 0.3) is 60.9 Å². The van der Waals surface area contributed by atoms with Crippen LogP contribution in [-0.2, 0) is 17.3 Å². The molecule has 6 aromatic carbocycles. The number of benzene rings is 6. The van der Waals surface area contributed by atoms with Crippen LogP contribution < -0.4 is 0 Å². The second-order valence-electron chi connectivity index (χ2n) is 21.0. The third-order valence-corrected chi connectivity index (χ3v) is 17.5. The van der Waals surface area contributed by atoms with Gasteiger partial charge in [-0.05, 0) is 210 Å². The predicted octanol–water partition coefficient (Wildman–Crippen LogP) is 14.6. The molecular formula is C57H53N. The third kappa shape index (κ3) is 4.71. The first-order valence-corrected chi connectivity index (χ1v) is 23.0. The summed E-state index contributed by atoms with van der Waals surface area (Å²) in [6, 6.07) is 50.1. The first-order chi connectivity index (χ1) is 28.5. The Balaban J connectivity index is 0.928. The molecule has 0 N–H and O–H groups in total. The topological polar surface area (TPSA) is 4.93 Å². The lowest BCUT2D eigenvalue weighted by Gasteiger charge is -2.57. The van der Waals surface area contributed by atoms with E-state index >= 15 is 0 Å². The Morgan fingerprint density at radius 3 is 1.71 bits per heavy atom. The number of hydrogen-bond donors (Lipinski definition) is 0. The fraction of sp³-hybridized carbons (Fsp3) is 0.368. The van der Waals surface area contributed by atoms with Gasteiger partial charge in [0, 0.05) is 16.3 Å². The zero-order valence-corrected chi connectivity index (χ0v) is 33.7. The normalized spacial score (nSPS) is 31.0. The Hall–Kier alpha value is -4.88. The summed E-state index contributed by atoms with van der Waals surface area (Å²) in [7, 11) is 0. The maximum absolute atomic E-state index is 2.76. The SMILES string of the molecule is c1ccc2c(c1)Cc1ccc(-c3ccc(-c4ccccc4-n4c5ccc(C67CC8CC(CC(C8)C6)C7)cc5c5c(C67CC8CC(CC(C8)C6)C7)cccc54)cc3)cc1-2. The summed E-state index contributed by atoms with van der Waals surface area (Å²) in [5.41, 5.74) is 19.0. The molecule has 286 valence electrons. The molecule has 0 saturated heterocycles. The summed E-state index contributed by atoms with van der Waals surface area (Å²) in [6.07, 6.45) is 18.5. The fourth-order valence-electron chi connectivity index (χ4n) is 16.1. The van der Waals surface area contributed by atoms with Crippen molar-refractivity contribution in [2.24, 2.45) is 35.5 Å². The Bertz CT molecular complexity index is 2760.